The molecule has 0 spiro atoms. The van der Waals surface area contributed by atoms with Crippen LogP contribution in [0.1, 0.15) is 23.2 Å². The molecule has 6 heteroatoms. The number of amides is 1. The number of rotatable bonds is 6. The highest BCUT2D eigenvalue weighted by Crippen LogP contribution is 2.22. The quantitative estimate of drug-likeness (QED) is 0.825. The number of carbonyl (C=O) groups excluding carboxylic acids is 1. The molecule has 2 rings (SSSR count). The first-order valence-corrected chi connectivity index (χ1v) is 7.10. The Morgan fingerprint density at radius 1 is 1.36 bits per heavy atom. The average molecular weight is 316 g/mol. The van der Waals surface area contributed by atoms with Crippen LogP contribution in [0.2, 0.25) is 5.02 Å². The van der Waals surface area contributed by atoms with Crippen molar-refractivity contribution in [2.75, 3.05) is 11.9 Å². The Morgan fingerprint density at radius 3 is 3.00 bits per heavy atom. The number of anilines is 1. The van der Waals surface area contributed by atoms with E-state index in [2.05, 4.69) is 10.3 Å². The van der Waals surface area contributed by atoms with Crippen LogP contribution < -0.4 is 10.1 Å². The minimum absolute atomic E-state index is 0.317. The van der Waals surface area contributed by atoms with Gasteiger partial charge in [0.2, 0.25) is 0 Å². The summed E-state index contributed by atoms with van der Waals surface area (Å²) in [5.74, 6) is 0.489. The molecule has 0 saturated carbocycles. The molecule has 112 valence electrons. The summed E-state index contributed by atoms with van der Waals surface area (Å²) < 4.78 is 5.55. The largest absolute Gasteiger partial charge is 0.490 e. The van der Waals surface area contributed by atoms with Crippen LogP contribution >= 0.6 is 11.6 Å². The molecular weight excluding hydrogens is 302 g/mol. The molecule has 0 aliphatic heterocycles. The maximum absolute atomic E-state index is 12.2. The van der Waals surface area contributed by atoms with Crippen molar-refractivity contribution in [3.05, 3.63) is 53.2 Å². The van der Waals surface area contributed by atoms with Gasteiger partial charge in [0.1, 0.15) is 0 Å². The van der Waals surface area contributed by atoms with Gasteiger partial charge in [0.15, 0.2) is 11.6 Å². The summed E-state index contributed by atoms with van der Waals surface area (Å²) in [4.78, 5) is 16.3. The number of hydrogen-bond donors (Lipinski definition) is 1. The van der Waals surface area contributed by atoms with Crippen molar-refractivity contribution < 1.29 is 9.53 Å². The zero-order valence-electron chi connectivity index (χ0n) is 11.8. The highest BCUT2D eigenvalue weighted by molar-refractivity contribution is 6.31. The summed E-state index contributed by atoms with van der Waals surface area (Å²) in [7, 11) is 0. The van der Waals surface area contributed by atoms with Crippen molar-refractivity contribution in [1.82, 2.24) is 4.98 Å². The summed E-state index contributed by atoms with van der Waals surface area (Å²) in [5, 5.41) is 11.7. The van der Waals surface area contributed by atoms with Gasteiger partial charge in [-0.2, -0.15) is 5.26 Å². The number of carbonyl (C=O) groups is 1. The molecule has 0 bridgehead atoms. The molecule has 0 radical (unpaired) electrons. The lowest BCUT2D eigenvalue weighted by Gasteiger charge is -2.11. The molecule has 22 heavy (non-hydrogen) atoms. The molecular formula is C16H14ClN3O2. The van der Waals surface area contributed by atoms with Crippen LogP contribution in [0.5, 0.6) is 5.75 Å². The molecule has 0 fully saturated rings. The van der Waals surface area contributed by atoms with Gasteiger partial charge in [0.25, 0.3) is 5.91 Å². The standard InChI is InChI=1S/C16H14ClN3O2/c17-13-6-3-5-12(11-13)16(21)20-15-14(7-4-9-19-15)22-10-2-1-8-18/h3-7,9,11H,1-2,10H2,(H,19,20,21). The summed E-state index contributed by atoms with van der Waals surface area (Å²) in [6.07, 6.45) is 2.60. The molecule has 5 nitrogen and oxygen atoms in total. The molecule has 1 amide bonds. The lowest BCUT2D eigenvalue weighted by atomic mass is 10.2. The highest BCUT2D eigenvalue weighted by atomic mass is 35.5. The van der Waals surface area contributed by atoms with Crippen molar-refractivity contribution >= 4 is 23.3 Å². The smallest absolute Gasteiger partial charge is 0.256 e. The average Bonchev–Trinajstić information content (AvgIpc) is 2.53. The molecule has 1 N–H and O–H groups in total. The Balaban J connectivity index is 2.06. The lowest BCUT2D eigenvalue weighted by Crippen LogP contribution is -2.14. The first-order chi connectivity index (χ1) is 10.7. The Kier molecular flexibility index (Phi) is 5.75. The number of nitriles is 1. The topological polar surface area (TPSA) is 75.0 Å². The lowest BCUT2D eigenvalue weighted by molar-refractivity contribution is 0.102. The summed E-state index contributed by atoms with van der Waals surface area (Å²) in [6, 6.07) is 12.1. The number of nitrogens with one attached hydrogen (secondary N) is 1. The third-order valence-corrected chi connectivity index (χ3v) is 3.02. The van der Waals surface area contributed by atoms with E-state index in [9.17, 15) is 4.79 Å². The number of halogens is 1. The molecule has 1 aromatic carbocycles. The van der Waals surface area contributed by atoms with Crippen molar-refractivity contribution in [2.24, 2.45) is 0 Å². The van der Waals surface area contributed by atoms with Gasteiger partial charge in [-0.05, 0) is 36.8 Å². The second kappa shape index (κ2) is 8.01. The molecule has 0 aliphatic carbocycles. The number of hydrogen-bond acceptors (Lipinski definition) is 4. The van der Waals surface area contributed by atoms with Crippen LogP contribution in [0.3, 0.4) is 0 Å². The predicted molar refractivity (Wildman–Crippen MR) is 84.0 cm³/mol. The van der Waals surface area contributed by atoms with E-state index in [1.54, 1.807) is 42.6 Å². The van der Waals surface area contributed by atoms with Gasteiger partial charge >= 0.3 is 0 Å². The molecule has 0 unspecified atom stereocenters. The van der Waals surface area contributed by atoms with E-state index in [1.807, 2.05) is 6.07 Å². The third-order valence-electron chi connectivity index (χ3n) is 2.78. The van der Waals surface area contributed by atoms with E-state index in [1.165, 1.54) is 0 Å². The van der Waals surface area contributed by atoms with E-state index >= 15 is 0 Å². The number of benzene rings is 1. The van der Waals surface area contributed by atoms with Crippen molar-refractivity contribution in [3.8, 4) is 11.8 Å². The molecule has 1 heterocycles. The predicted octanol–water partition coefficient (Wildman–Crippen LogP) is 3.67. The van der Waals surface area contributed by atoms with Crippen LogP contribution in [-0.2, 0) is 0 Å². The minimum atomic E-state index is -0.317. The SMILES string of the molecule is N#CCCCOc1cccnc1NC(=O)c1cccc(Cl)c1. The summed E-state index contributed by atoms with van der Waals surface area (Å²) in [5.41, 5.74) is 0.439. The van der Waals surface area contributed by atoms with E-state index in [0.29, 0.717) is 41.6 Å². The van der Waals surface area contributed by atoms with Crippen LogP contribution in [0.25, 0.3) is 0 Å². The molecule has 0 saturated heterocycles. The Labute approximate surface area is 133 Å². The monoisotopic (exact) mass is 315 g/mol. The Hall–Kier alpha value is -2.58. The van der Waals surface area contributed by atoms with E-state index in [4.69, 9.17) is 21.6 Å². The summed E-state index contributed by atoms with van der Waals surface area (Å²) >= 11 is 5.87. The number of nitrogens with zero attached hydrogens (tertiary/aromatic N) is 2. The van der Waals surface area contributed by atoms with Crippen molar-refractivity contribution in [3.63, 3.8) is 0 Å². The Morgan fingerprint density at radius 2 is 2.23 bits per heavy atom. The fourth-order valence-electron chi connectivity index (χ4n) is 1.74. The van der Waals surface area contributed by atoms with Gasteiger partial charge in [-0.1, -0.05) is 17.7 Å². The van der Waals surface area contributed by atoms with Crippen molar-refractivity contribution in [2.45, 2.75) is 12.8 Å². The van der Waals surface area contributed by atoms with Gasteiger partial charge in [-0.3, -0.25) is 4.79 Å². The van der Waals surface area contributed by atoms with Crippen LogP contribution in [0.4, 0.5) is 5.82 Å². The fraction of sp³-hybridized carbons (Fsp3) is 0.188. The zero-order chi connectivity index (χ0) is 15.8. The second-order valence-electron chi connectivity index (χ2n) is 4.42. The Bertz CT molecular complexity index is 698. The number of unbranched alkanes of at least 4 members (excludes halogenated alkanes) is 1. The van der Waals surface area contributed by atoms with Gasteiger partial charge < -0.3 is 10.1 Å². The second-order valence-corrected chi connectivity index (χ2v) is 4.86. The number of aromatic nitrogens is 1. The van der Waals surface area contributed by atoms with E-state index in [0.717, 1.165) is 0 Å². The van der Waals surface area contributed by atoms with Gasteiger partial charge in [0, 0.05) is 23.2 Å². The highest BCUT2D eigenvalue weighted by Gasteiger charge is 2.11. The van der Waals surface area contributed by atoms with Gasteiger partial charge in [-0.15, -0.1) is 0 Å². The minimum Gasteiger partial charge on any atom is -0.490 e. The van der Waals surface area contributed by atoms with Crippen LogP contribution in [0, 0.1) is 11.3 Å². The maximum atomic E-state index is 12.2. The first-order valence-electron chi connectivity index (χ1n) is 6.72. The zero-order valence-corrected chi connectivity index (χ0v) is 12.5. The third kappa shape index (κ3) is 4.47. The first kappa shape index (κ1) is 15.8. The van der Waals surface area contributed by atoms with Crippen molar-refractivity contribution in [1.29, 1.82) is 5.26 Å². The maximum Gasteiger partial charge on any atom is 0.256 e. The van der Waals surface area contributed by atoms with E-state index in [-0.39, 0.29) is 5.91 Å². The van der Waals surface area contributed by atoms with Gasteiger partial charge in [0.05, 0.1) is 12.7 Å². The van der Waals surface area contributed by atoms with E-state index < -0.39 is 0 Å². The summed E-state index contributed by atoms with van der Waals surface area (Å²) in [6.45, 7) is 0.388. The molecule has 0 aliphatic rings. The normalized spacial score (nSPS) is 9.82. The molecule has 1 aromatic heterocycles. The number of pyridine rings is 1. The van der Waals surface area contributed by atoms with Gasteiger partial charge in [-0.25, -0.2) is 4.98 Å². The number of ether oxygens (including phenoxy) is 1. The van der Waals surface area contributed by atoms with Crippen LogP contribution in [0.15, 0.2) is 42.6 Å². The fourth-order valence-corrected chi connectivity index (χ4v) is 1.93. The molecule has 0 atom stereocenters. The van der Waals surface area contributed by atoms with Crippen LogP contribution in [-0.4, -0.2) is 17.5 Å². The molecule has 2 aromatic rings.